The molecule has 1 rings (SSSR count). The summed E-state index contributed by atoms with van der Waals surface area (Å²) in [6.07, 6.45) is 1.90. The summed E-state index contributed by atoms with van der Waals surface area (Å²) >= 11 is 1.52. The van der Waals surface area contributed by atoms with Gasteiger partial charge in [-0.1, -0.05) is 5.16 Å². The van der Waals surface area contributed by atoms with Gasteiger partial charge in [-0.15, -0.1) is 0 Å². The van der Waals surface area contributed by atoms with Crippen molar-refractivity contribution in [2.75, 3.05) is 23.9 Å². The van der Waals surface area contributed by atoms with Crippen LogP contribution in [0.2, 0.25) is 0 Å². The summed E-state index contributed by atoms with van der Waals surface area (Å²) in [7, 11) is 0. The number of nitrogens with one attached hydrogen (secondary N) is 2. The van der Waals surface area contributed by atoms with Crippen molar-refractivity contribution in [2.24, 2.45) is 0 Å². The van der Waals surface area contributed by atoms with Crippen LogP contribution < -0.4 is 10.6 Å². The Morgan fingerprint density at radius 2 is 2.41 bits per heavy atom. The Kier molecular flexibility index (Phi) is 4.83. The summed E-state index contributed by atoms with van der Waals surface area (Å²) in [6.45, 7) is 3.58. The molecule has 0 aliphatic rings. The number of carbonyl (C=O) groups excluding carboxylic acids is 1. The number of thioether (sulfide) groups is 1. The number of hydrogen-bond donors (Lipinski definition) is 3. The first-order valence-corrected chi connectivity index (χ1v) is 6.52. The number of hydrogen-bond acceptors (Lipinski definition) is 5. The largest absolute Gasteiger partial charge is 0.387 e. The second-order valence-corrected chi connectivity index (χ2v) is 4.93. The van der Waals surface area contributed by atoms with Gasteiger partial charge in [0, 0.05) is 18.4 Å². The molecule has 1 atom stereocenters. The van der Waals surface area contributed by atoms with Gasteiger partial charge in [-0.25, -0.2) is 4.79 Å². The molecule has 1 heterocycles. The lowest BCUT2D eigenvalue weighted by Crippen LogP contribution is -2.43. The van der Waals surface area contributed by atoms with E-state index < -0.39 is 11.6 Å². The average molecular weight is 259 g/mol. The van der Waals surface area contributed by atoms with Crippen LogP contribution in [0.3, 0.4) is 0 Å². The van der Waals surface area contributed by atoms with E-state index in [1.165, 1.54) is 11.8 Å². The van der Waals surface area contributed by atoms with E-state index in [4.69, 9.17) is 4.52 Å². The maximum atomic E-state index is 11.5. The predicted molar refractivity (Wildman–Crippen MR) is 67.3 cm³/mol. The second kappa shape index (κ2) is 5.92. The fraction of sp³-hybridized carbons (Fsp3) is 0.600. The lowest BCUT2D eigenvalue weighted by Gasteiger charge is -2.22. The van der Waals surface area contributed by atoms with Crippen LogP contribution in [0.25, 0.3) is 0 Å². The molecule has 0 fully saturated rings. The van der Waals surface area contributed by atoms with E-state index in [9.17, 15) is 9.90 Å². The molecule has 0 aliphatic carbocycles. The van der Waals surface area contributed by atoms with Gasteiger partial charge in [0.1, 0.15) is 5.76 Å². The fourth-order valence-electron chi connectivity index (χ4n) is 1.22. The number of nitrogens with zero attached hydrogens (tertiary/aromatic N) is 1. The van der Waals surface area contributed by atoms with E-state index in [0.717, 1.165) is 0 Å². The van der Waals surface area contributed by atoms with Gasteiger partial charge in [0.25, 0.3) is 0 Å². The summed E-state index contributed by atoms with van der Waals surface area (Å²) < 4.78 is 4.80. The van der Waals surface area contributed by atoms with Gasteiger partial charge >= 0.3 is 6.03 Å². The van der Waals surface area contributed by atoms with Gasteiger partial charge in [0.05, 0.1) is 5.60 Å². The van der Waals surface area contributed by atoms with Crippen LogP contribution in [0.5, 0.6) is 0 Å². The Labute approximate surface area is 104 Å². The fourth-order valence-corrected chi connectivity index (χ4v) is 1.94. The number of aromatic nitrogens is 1. The first-order chi connectivity index (χ1) is 7.93. The summed E-state index contributed by atoms with van der Waals surface area (Å²) in [6, 6.07) is 1.19. The van der Waals surface area contributed by atoms with Crippen LogP contribution in [0.4, 0.5) is 10.6 Å². The smallest absolute Gasteiger partial charge is 0.320 e. The van der Waals surface area contributed by atoms with Gasteiger partial charge in [-0.3, -0.25) is 5.32 Å². The van der Waals surface area contributed by atoms with Crippen molar-refractivity contribution in [3.05, 3.63) is 11.8 Å². The minimum atomic E-state index is -0.920. The highest BCUT2D eigenvalue weighted by molar-refractivity contribution is 7.98. The van der Waals surface area contributed by atoms with Crippen LogP contribution in [-0.2, 0) is 0 Å². The topological polar surface area (TPSA) is 87.4 Å². The molecule has 0 unspecified atom stereocenters. The summed E-state index contributed by atoms with van der Waals surface area (Å²) in [5, 5.41) is 18.5. The molecule has 96 valence electrons. The van der Waals surface area contributed by atoms with Crippen molar-refractivity contribution in [1.82, 2.24) is 10.5 Å². The lowest BCUT2D eigenvalue weighted by atomic mass is 10.1. The van der Waals surface area contributed by atoms with Crippen molar-refractivity contribution in [1.29, 1.82) is 0 Å². The SMILES string of the molecule is CSC[C@](C)(O)CNC(=O)Nc1cc(C)on1. The lowest BCUT2D eigenvalue weighted by molar-refractivity contribution is 0.0876. The molecular formula is C10H17N3O3S. The molecule has 2 amide bonds. The molecule has 1 aromatic rings. The Bertz CT molecular complexity index is 379. The van der Waals surface area contributed by atoms with Crippen LogP contribution in [0.1, 0.15) is 12.7 Å². The maximum Gasteiger partial charge on any atom is 0.320 e. The van der Waals surface area contributed by atoms with Crippen LogP contribution >= 0.6 is 11.8 Å². The Morgan fingerprint density at radius 3 is 2.94 bits per heavy atom. The number of anilines is 1. The van der Waals surface area contributed by atoms with Crippen molar-refractivity contribution >= 4 is 23.6 Å². The molecule has 1 aromatic heterocycles. The highest BCUT2D eigenvalue weighted by atomic mass is 32.2. The molecule has 0 saturated heterocycles. The molecule has 0 aromatic carbocycles. The number of rotatable bonds is 5. The second-order valence-electron chi connectivity index (χ2n) is 4.06. The van der Waals surface area contributed by atoms with Crippen molar-refractivity contribution < 1.29 is 14.4 Å². The van der Waals surface area contributed by atoms with Crippen LogP contribution in [0.15, 0.2) is 10.6 Å². The molecule has 0 saturated carbocycles. The third-order valence-corrected chi connectivity index (χ3v) is 2.87. The van der Waals surface area contributed by atoms with Crippen molar-refractivity contribution in [3.8, 4) is 0 Å². The summed E-state index contributed by atoms with van der Waals surface area (Å²) in [5.74, 6) is 1.52. The number of aryl methyl sites for hydroxylation is 1. The van der Waals surface area contributed by atoms with E-state index in [1.807, 2.05) is 6.26 Å². The molecule has 6 nitrogen and oxygen atoms in total. The minimum absolute atomic E-state index is 0.177. The highest BCUT2D eigenvalue weighted by Crippen LogP contribution is 2.09. The van der Waals surface area contributed by atoms with Crippen molar-refractivity contribution in [3.63, 3.8) is 0 Å². The van der Waals surface area contributed by atoms with E-state index in [-0.39, 0.29) is 6.54 Å². The van der Waals surface area contributed by atoms with Crippen molar-refractivity contribution in [2.45, 2.75) is 19.4 Å². The zero-order valence-corrected chi connectivity index (χ0v) is 10.9. The normalized spacial score (nSPS) is 14.1. The monoisotopic (exact) mass is 259 g/mol. The third-order valence-electron chi connectivity index (χ3n) is 1.95. The minimum Gasteiger partial charge on any atom is -0.387 e. The van der Waals surface area contributed by atoms with Gasteiger partial charge in [0.15, 0.2) is 5.82 Å². The zero-order chi connectivity index (χ0) is 12.9. The van der Waals surface area contributed by atoms with Gasteiger partial charge in [-0.2, -0.15) is 11.8 Å². The van der Waals surface area contributed by atoms with Gasteiger partial charge in [-0.05, 0) is 20.1 Å². The predicted octanol–water partition coefficient (Wildman–Crippen LogP) is 1.22. The van der Waals surface area contributed by atoms with E-state index >= 15 is 0 Å². The number of aliphatic hydroxyl groups is 1. The summed E-state index contributed by atoms with van der Waals surface area (Å²) in [5.41, 5.74) is -0.920. The Hall–Kier alpha value is -1.21. The molecule has 3 N–H and O–H groups in total. The molecule has 7 heteroatoms. The molecule has 0 bridgehead atoms. The van der Waals surface area contributed by atoms with E-state index in [1.54, 1.807) is 19.9 Å². The Morgan fingerprint density at radius 1 is 1.71 bits per heavy atom. The van der Waals surface area contributed by atoms with E-state index in [2.05, 4.69) is 15.8 Å². The highest BCUT2D eigenvalue weighted by Gasteiger charge is 2.20. The van der Waals surface area contributed by atoms with Crippen LogP contribution in [0, 0.1) is 6.92 Å². The number of carbonyl (C=O) groups is 1. The first-order valence-electron chi connectivity index (χ1n) is 5.12. The van der Waals surface area contributed by atoms with Gasteiger partial charge < -0.3 is 14.9 Å². The molecular weight excluding hydrogens is 242 g/mol. The van der Waals surface area contributed by atoms with Gasteiger partial charge in [0.2, 0.25) is 0 Å². The molecule has 17 heavy (non-hydrogen) atoms. The standard InChI is InChI=1S/C10H17N3O3S/c1-7-4-8(13-16-7)12-9(14)11-5-10(2,15)6-17-3/h4,15H,5-6H2,1-3H3,(H2,11,12,13,14)/t10-/m1/s1. The summed E-state index contributed by atoms with van der Waals surface area (Å²) in [4.78, 5) is 11.5. The maximum absolute atomic E-state index is 11.5. The molecule has 0 spiro atoms. The van der Waals surface area contributed by atoms with Crippen LogP contribution in [-0.4, -0.2) is 40.4 Å². The third kappa shape index (κ3) is 5.10. The van der Waals surface area contributed by atoms with E-state index in [0.29, 0.717) is 17.3 Å². The average Bonchev–Trinajstić information content (AvgIpc) is 2.61. The Balaban J connectivity index is 2.35. The molecule has 0 radical (unpaired) electrons. The number of urea groups is 1. The zero-order valence-electron chi connectivity index (χ0n) is 10.1. The molecule has 0 aliphatic heterocycles. The quantitative estimate of drug-likeness (QED) is 0.740. The first kappa shape index (κ1) is 13.9. The number of amides is 2.